The first-order chi connectivity index (χ1) is 13.7. The van der Waals surface area contributed by atoms with E-state index in [-0.39, 0.29) is 35.2 Å². The second-order valence-corrected chi connectivity index (χ2v) is 10.7. The molecule has 1 amide bonds. The van der Waals surface area contributed by atoms with Crippen LogP contribution in [0, 0.1) is 0 Å². The largest absolute Gasteiger partial charge is 0.341 e. The van der Waals surface area contributed by atoms with Gasteiger partial charge >= 0.3 is 0 Å². The molecular weight excluding hydrogens is 410 g/mol. The monoisotopic (exact) mass is 437 g/mol. The fourth-order valence-corrected chi connectivity index (χ4v) is 5.87. The van der Waals surface area contributed by atoms with E-state index in [1.807, 2.05) is 49.0 Å². The zero-order chi connectivity index (χ0) is 21.2. The Labute approximate surface area is 176 Å². The van der Waals surface area contributed by atoms with Gasteiger partial charge in [-0.2, -0.15) is 0 Å². The van der Waals surface area contributed by atoms with Gasteiger partial charge in [0.2, 0.25) is 5.91 Å². The van der Waals surface area contributed by atoms with Crippen LogP contribution in [0.2, 0.25) is 0 Å². The fourth-order valence-electron chi connectivity index (χ4n) is 3.21. The van der Waals surface area contributed by atoms with Crippen LogP contribution >= 0.6 is 11.8 Å². The number of nitrogens with zero attached hydrogens (tertiary/aromatic N) is 5. The first-order valence-corrected chi connectivity index (χ1v) is 12.3. The van der Waals surface area contributed by atoms with E-state index in [0.717, 1.165) is 11.5 Å². The summed E-state index contributed by atoms with van der Waals surface area (Å²) in [7, 11) is 2.61. The number of amides is 1. The molecule has 0 saturated carbocycles. The molecule has 29 heavy (non-hydrogen) atoms. The standard InChI is InChI=1S/C19H27N5O3S2/c1-14(22(2)3)18-20-21-19(24(18)15-8-6-5-7-9-15)28-12-17(25)23(4)16-10-11-29(26,27)13-16/h5-9,14,16H,10-13H2,1-4H3/t14-,16+/m0/s1. The Hall–Kier alpha value is -1.91. The fraction of sp³-hybridized carbons (Fsp3) is 0.526. The predicted molar refractivity (Wildman–Crippen MR) is 114 cm³/mol. The Bertz CT molecular complexity index is 959. The molecule has 1 fully saturated rings. The number of rotatable bonds is 7. The molecule has 1 aromatic heterocycles. The van der Waals surface area contributed by atoms with Crippen LogP contribution in [0.1, 0.15) is 25.2 Å². The number of thioether (sulfide) groups is 1. The molecule has 0 bridgehead atoms. The Kier molecular flexibility index (Phi) is 6.65. The van der Waals surface area contributed by atoms with E-state index in [4.69, 9.17) is 0 Å². The molecule has 158 valence electrons. The van der Waals surface area contributed by atoms with Gasteiger partial charge in [0.25, 0.3) is 0 Å². The van der Waals surface area contributed by atoms with Gasteiger partial charge in [0, 0.05) is 18.8 Å². The van der Waals surface area contributed by atoms with Gasteiger partial charge in [-0.05, 0) is 39.6 Å². The third-order valence-electron chi connectivity index (χ3n) is 5.30. The van der Waals surface area contributed by atoms with Crippen LogP contribution in [0.3, 0.4) is 0 Å². The minimum atomic E-state index is -3.03. The number of benzene rings is 1. The first kappa shape index (κ1) is 21.8. The molecular formula is C19H27N5O3S2. The smallest absolute Gasteiger partial charge is 0.233 e. The maximum Gasteiger partial charge on any atom is 0.233 e. The van der Waals surface area contributed by atoms with Crippen molar-refractivity contribution in [3.05, 3.63) is 36.2 Å². The zero-order valence-electron chi connectivity index (χ0n) is 17.1. The molecule has 0 N–H and O–H groups in total. The number of hydrogen-bond donors (Lipinski definition) is 0. The van der Waals surface area contributed by atoms with E-state index >= 15 is 0 Å². The van der Waals surface area contributed by atoms with E-state index in [1.165, 1.54) is 11.8 Å². The molecule has 2 heterocycles. The molecule has 0 spiro atoms. The third-order valence-corrected chi connectivity index (χ3v) is 7.96. The van der Waals surface area contributed by atoms with Crippen molar-refractivity contribution in [1.29, 1.82) is 0 Å². The number of sulfone groups is 1. The summed E-state index contributed by atoms with van der Waals surface area (Å²) in [5, 5.41) is 9.35. The van der Waals surface area contributed by atoms with Crippen molar-refractivity contribution in [3.63, 3.8) is 0 Å². The normalized spacial score (nSPS) is 19.4. The van der Waals surface area contributed by atoms with Gasteiger partial charge < -0.3 is 4.90 Å². The third kappa shape index (κ3) is 4.99. The van der Waals surface area contributed by atoms with Gasteiger partial charge in [0.1, 0.15) is 0 Å². The second kappa shape index (κ2) is 8.85. The van der Waals surface area contributed by atoms with E-state index in [1.54, 1.807) is 11.9 Å². The summed E-state index contributed by atoms with van der Waals surface area (Å²) >= 11 is 1.32. The minimum Gasteiger partial charge on any atom is -0.341 e. The summed E-state index contributed by atoms with van der Waals surface area (Å²) < 4.78 is 25.4. The number of aromatic nitrogens is 3. The SMILES string of the molecule is C[C@@H](c1nnc(SCC(=O)N(C)[C@@H]2CCS(=O)(=O)C2)n1-c1ccccc1)N(C)C. The van der Waals surface area contributed by atoms with E-state index in [0.29, 0.717) is 11.6 Å². The molecule has 1 aliphatic heterocycles. The Morgan fingerprint density at radius 1 is 1.24 bits per heavy atom. The number of carbonyl (C=O) groups excluding carboxylic acids is 1. The van der Waals surface area contributed by atoms with Crippen molar-refractivity contribution >= 4 is 27.5 Å². The second-order valence-electron chi connectivity index (χ2n) is 7.50. The maximum atomic E-state index is 12.7. The summed E-state index contributed by atoms with van der Waals surface area (Å²) in [5.41, 5.74) is 0.936. The summed E-state index contributed by atoms with van der Waals surface area (Å²) in [6.07, 6.45) is 0.500. The lowest BCUT2D eigenvalue weighted by molar-refractivity contribution is -0.128. The van der Waals surface area contributed by atoms with Crippen LogP contribution in [0.4, 0.5) is 0 Å². The summed E-state index contributed by atoms with van der Waals surface area (Å²) in [5.74, 6) is 1.06. The van der Waals surface area contributed by atoms with Gasteiger partial charge in [-0.3, -0.25) is 14.3 Å². The summed E-state index contributed by atoms with van der Waals surface area (Å²) in [4.78, 5) is 16.3. The molecule has 1 saturated heterocycles. The topological polar surface area (TPSA) is 88.4 Å². The van der Waals surface area contributed by atoms with E-state index in [2.05, 4.69) is 22.0 Å². The maximum absolute atomic E-state index is 12.7. The number of para-hydroxylation sites is 1. The van der Waals surface area contributed by atoms with Crippen LogP contribution in [-0.2, 0) is 14.6 Å². The van der Waals surface area contributed by atoms with Crippen LogP contribution in [0.25, 0.3) is 5.69 Å². The van der Waals surface area contributed by atoms with Crippen molar-refractivity contribution in [2.24, 2.45) is 0 Å². The van der Waals surface area contributed by atoms with Crippen molar-refractivity contribution in [2.75, 3.05) is 38.4 Å². The zero-order valence-corrected chi connectivity index (χ0v) is 18.8. The molecule has 1 aliphatic rings. The Morgan fingerprint density at radius 3 is 2.52 bits per heavy atom. The van der Waals surface area contributed by atoms with Crippen molar-refractivity contribution < 1.29 is 13.2 Å². The van der Waals surface area contributed by atoms with Crippen molar-refractivity contribution in [2.45, 2.75) is 30.6 Å². The average molecular weight is 438 g/mol. The first-order valence-electron chi connectivity index (χ1n) is 9.45. The summed E-state index contributed by atoms with van der Waals surface area (Å²) in [6.45, 7) is 2.05. The molecule has 2 atom stereocenters. The van der Waals surface area contributed by atoms with Crippen molar-refractivity contribution in [1.82, 2.24) is 24.6 Å². The highest BCUT2D eigenvalue weighted by Gasteiger charge is 2.33. The molecule has 1 aromatic carbocycles. The lowest BCUT2D eigenvalue weighted by Gasteiger charge is -2.23. The molecule has 3 rings (SSSR count). The van der Waals surface area contributed by atoms with Crippen LogP contribution < -0.4 is 0 Å². The molecule has 0 radical (unpaired) electrons. The Balaban J connectivity index is 1.78. The number of hydrogen-bond acceptors (Lipinski definition) is 7. The van der Waals surface area contributed by atoms with Gasteiger partial charge in [-0.1, -0.05) is 30.0 Å². The highest BCUT2D eigenvalue weighted by Crippen LogP contribution is 2.27. The highest BCUT2D eigenvalue weighted by molar-refractivity contribution is 7.99. The Morgan fingerprint density at radius 2 is 1.93 bits per heavy atom. The van der Waals surface area contributed by atoms with Crippen LogP contribution in [-0.4, -0.2) is 83.3 Å². The molecule has 2 aromatic rings. The van der Waals surface area contributed by atoms with Crippen LogP contribution in [0.15, 0.2) is 35.5 Å². The average Bonchev–Trinajstić information content (AvgIpc) is 3.28. The molecule has 0 aliphatic carbocycles. The molecule has 0 unspecified atom stereocenters. The molecule has 8 nitrogen and oxygen atoms in total. The lowest BCUT2D eigenvalue weighted by atomic mass is 10.2. The van der Waals surface area contributed by atoms with Gasteiger partial charge in [-0.25, -0.2) is 8.42 Å². The van der Waals surface area contributed by atoms with E-state index < -0.39 is 9.84 Å². The number of carbonyl (C=O) groups is 1. The van der Waals surface area contributed by atoms with Gasteiger partial charge in [-0.15, -0.1) is 10.2 Å². The highest BCUT2D eigenvalue weighted by atomic mass is 32.2. The summed E-state index contributed by atoms with van der Waals surface area (Å²) in [6, 6.07) is 9.61. The quantitative estimate of drug-likeness (QED) is 0.608. The van der Waals surface area contributed by atoms with Gasteiger partial charge in [0.15, 0.2) is 20.8 Å². The molecule has 10 heteroatoms. The lowest BCUT2D eigenvalue weighted by Crippen LogP contribution is -2.38. The van der Waals surface area contributed by atoms with E-state index in [9.17, 15) is 13.2 Å². The van der Waals surface area contributed by atoms with Crippen LogP contribution in [0.5, 0.6) is 0 Å². The minimum absolute atomic E-state index is 0.0409. The van der Waals surface area contributed by atoms with Gasteiger partial charge in [0.05, 0.1) is 23.3 Å². The predicted octanol–water partition coefficient (Wildman–Crippen LogP) is 1.63. The van der Waals surface area contributed by atoms with Crippen molar-refractivity contribution in [3.8, 4) is 5.69 Å².